The van der Waals surface area contributed by atoms with Crippen LogP contribution >= 0.6 is 0 Å². The van der Waals surface area contributed by atoms with E-state index in [0.29, 0.717) is 22.8 Å². The molecule has 0 spiro atoms. The largest absolute Gasteiger partial charge is 0.495 e. The van der Waals surface area contributed by atoms with Crippen LogP contribution in [0.25, 0.3) is 0 Å². The quantitative estimate of drug-likeness (QED) is 0.481. The molecule has 0 atom stereocenters. The number of amides is 1. The lowest BCUT2D eigenvalue weighted by Gasteiger charge is -2.08. The Bertz CT molecular complexity index is 1020. The number of carbonyl (C=O) groups excluding carboxylic acids is 1. The molecule has 1 amide bonds. The number of para-hydroxylation sites is 2. The fourth-order valence-electron chi connectivity index (χ4n) is 2.75. The summed E-state index contributed by atoms with van der Waals surface area (Å²) in [7, 11) is 1.51. The van der Waals surface area contributed by atoms with E-state index in [1.54, 1.807) is 38.1 Å². The van der Waals surface area contributed by atoms with Gasteiger partial charge in [0.1, 0.15) is 23.7 Å². The number of aromatic nitrogens is 4. The molecule has 146 valence electrons. The SMILES string of the molecule is COc1ccccc1NC(=O)Cc1noc(Cn2nc(C)c([N+](=O)[O-])c2C)n1. The van der Waals surface area contributed by atoms with Crippen LogP contribution in [0.2, 0.25) is 0 Å². The van der Waals surface area contributed by atoms with Crippen molar-refractivity contribution in [3.05, 3.63) is 57.5 Å². The molecule has 0 aliphatic heterocycles. The number of nitro groups is 1. The number of methoxy groups -OCH3 is 1. The first-order valence-electron chi connectivity index (χ1n) is 8.31. The summed E-state index contributed by atoms with van der Waals surface area (Å²) in [4.78, 5) is 27.0. The molecule has 2 heterocycles. The molecule has 2 aromatic heterocycles. The molecule has 1 N–H and O–H groups in total. The van der Waals surface area contributed by atoms with Crippen molar-refractivity contribution >= 4 is 17.3 Å². The van der Waals surface area contributed by atoms with E-state index in [-0.39, 0.29) is 36.3 Å². The van der Waals surface area contributed by atoms with Gasteiger partial charge in [-0.05, 0) is 26.0 Å². The van der Waals surface area contributed by atoms with Crippen LogP contribution in [0.1, 0.15) is 23.1 Å². The first-order chi connectivity index (χ1) is 13.4. The van der Waals surface area contributed by atoms with Crippen molar-refractivity contribution in [3.63, 3.8) is 0 Å². The minimum Gasteiger partial charge on any atom is -0.495 e. The average molecular weight is 386 g/mol. The number of nitrogens with one attached hydrogen (secondary N) is 1. The topological polar surface area (TPSA) is 138 Å². The zero-order chi connectivity index (χ0) is 20.3. The van der Waals surface area contributed by atoms with Crippen LogP contribution in [-0.2, 0) is 17.8 Å². The van der Waals surface area contributed by atoms with Gasteiger partial charge in [0.25, 0.3) is 0 Å². The molecule has 0 fully saturated rings. The molecule has 0 radical (unpaired) electrons. The predicted octanol–water partition coefficient (Wildman–Crippen LogP) is 2.03. The van der Waals surface area contributed by atoms with E-state index in [1.165, 1.54) is 11.8 Å². The van der Waals surface area contributed by atoms with Gasteiger partial charge in [-0.1, -0.05) is 17.3 Å². The Morgan fingerprint density at radius 3 is 2.79 bits per heavy atom. The Morgan fingerprint density at radius 2 is 2.11 bits per heavy atom. The van der Waals surface area contributed by atoms with Crippen LogP contribution in [0.3, 0.4) is 0 Å². The molecule has 0 unspecified atom stereocenters. The maximum Gasteiger partial charge on any atom is 0.312 e. The maximum atomic E-state index is 12.2. The number of ether oxygens (including phenoxy) is 1. The molecule has 0 bridgehead atoms. The second kappa shape index (κ2) is 7.86. The molecule has 3 rings (SSSR count). The third kappa shape index (κ3) is 3.98. The summed E-state index contributed by atoms with van der Waals surface area (Å²) in [5, 5.41) is 21.7. The fourth-order valence-corrected chi connectivity index (χ4v) is 2.75. The number of hydrogen-bond donors (Lipinski definition) is 1. The highest BCUT2D eigenvalue weighted by molar-refractivity contribution is 5.93. The molecule has 11 nitrogen and oxygen atoms in total. The maximum absolute atomic E-state index is 12.2. The highest BCUT2D eigenvalue weighted by Gasteiger charge is 2.23. The van der Waals surface area contributed by atoms with Gasteiger partial charge in [-0.15, -0.1) is 0 Å². The Kier molecular flexibility index (Phi) is 5.34. The minimum absolute atomic E-state index is 0.0454. The first-order valence-corrected chi connectivity index (χ1v) is 8.31. The lowest BCUT2D eigenvalue weighted by Crippen LogP contribution is -2.16. The second-order valence-electron chi connectivity index (χ2n) is 5.96. The highest BCUT2D eigenvalue weighted by Crippen LogP contribution is 2.23. The number of carbonyl (C=O) groups is 1. The summed E-state index contributed by atoms with van der Waals surface area (Å²) in [6.45, 7) is 3.22. The molecule has 11 heteroatoms. The summed E-state index contributed by atoms with van der Waals surface area (Å²) < 4.78 is 11.7. The lowest BCUT2D eigenvalue weighted by atomic mass is 10.2. The summed E-state index contributed by atoms with van der Waals surface area (Å²) in [5.74, 6) is 0.591. The monoisotopic (exact) mass is 386 g/mol. The molecule has 0 saturated heterocycles. The van der Waals surface area contributed by atoms with Crippen molar-refractivity contribution in [1.82, 2.24) is 19.9 Å². The normalized spacial score (nSPS) is 10.7. The Hall–Kier alpha value is -3.76. The van der Waals surface area contributed by atoms with Crippen LogP contribution in [-0.4, -0.2) is 37.9 Å². The number of benzene rings is 1. The number of hydrogen-bond acceptors (Lipinski definition) is 8. The zero-order valence-electron chi connectivity index (χ0n) is 15.5. The minimum atomic E-state index is -0.477. The van der Waals surface area contributed by atoms with E-state index in [0.717, 1.165) is 0 Å². The zero-order valence-corrected chi connectivity index (χ0v) is 15.5. The third-order valence-electron chi connectivity index (χ3n) is 4.02. The van der Waals surface area contributed by atoms with Crippen LogP contribution in [0.5, 0.6) is 5.75 Å². The number of rotatable bonds is 7. The van der Waals surface area contributed by atoms with Crippen molar-refractivity contribution in [2.75, 3.05) is 12.4 Å². The van der Waals surface area contributed by atoms with Crippen LogP contribution in [0.15, 0.2) is 28.8 Å². The first kappa shape index (κ1) is 19.0. The number of nitrogens with zero attached hydrogens (tertiary/aromatic N) is 5. The van der Waals surface area contributed by atoms with Gasteiger partial charge in [0.15, 0.2) is 5.82 Å². The fraction of sp³-hybridized carbons (Fsp3) is 0.294. The standard InChI is InChI=1S/C17H18N6O5/c1-10-17(23(25)26)11(2)22(20-10)9-16-19-14(21-28-16)8-15(24)18-12-6-4-5-7-13(12)27-3/h4-7H,8-9H2,1-3H3,(H,18,24). The summed E-state index contributed by atoms with van der Waals surface area (Å²) >= 11 is 0. The van der Waals surface area contributed by atoms with E-state index < -0.39 is 4.92 Å². The Balaban J connectivity index is 1.67. The molecule has 0 saturated carbocycles. The van der Waals surface area contributed by atoms with E-state index in [9.17, 15) is 14.9 Å². The van der Waals surface area contributed by atoms with Gasteiger partial charge in [0, 0.05) is 0 Å². The summed E-state index contributed by atoms with van der Waals surface area (Å²) in [6.07, 6.45) is -0.0984. The average Bonchev–Trinajstić information content (AvgIpc) is 3.19. The van der Waals surface area contributed by atoms with Crippen molar-refractivity contribution in [2.45, 2.75) is 26.8 Å². The van der Waals surface area contributed by atoms with Gasteiger partial charge in [-0.3, -0.25) is 19.6 Å². The van der Waals surface area contributed by atoms with E-state index in [4.69, 9.17) is 9.26 Å². The molecule has 1 aromatic carbocycles. The Morgan fingerprint density at radius 1 is 1.36 bits per heavy atom. The molecular weight excluding hydrogens is 368 g/mol. The number of aryl methyl sites for hydroxylation is 1. The van der Waals surface area contributed by atoms with Crippen molar-refractivity contribution < 1.29 is 19.0 Å². The van der Waals surface area contributed by atoms with Crippen LogP contribution in [0.4, 0.5) is 11.4 Å². The van der Waals surface area contributed by atoms with Gasteiger partial charge in [0.05, 0.1) is 24.1 Å². The van der Waals surface area contributed by atoms with Gasteiger partial charge in [-0.2, -0.15) is 10.1 Å². The van der Waals surface area contributed by atoms with Crippen molar-refractivity contribution in [3.8, 4) is 5.75 Å². The van der Waals surface area contributed by atoms with Crippen LogP contribution < -0.4 is 10.1 Å². The summed E-state index contributed by atoms with van der Waals surface area (Å²) in [5.41, 5.74) is 1.18. The molecule has 0 aliphatic rings. The lowest BCUT2D eigenvalue weighted by molar-refractivity contribution is -0.386. The van der Waals surface area contributed by atoms with E-state index in [2.05, 4.69) is 20.6 Å². The van der Waals surface area contributed by atoms with Gasteiger partial charge < -0.3 is 14.6 Å². The van der Waals surface area contributed by atoms with Gasteiger partial charge in [-0.25, -0.2) is 0 Å². The third-order valence-corrected chi connectivity index (χ3v) is 4.02. The molecule has 3 aromatic rings. The molecular formula is C17H18N6O5. The van der Waals surface area contributed by atoms with Crippen LogP contribution in [0, 0.1) is 24.0 Å². The van der Waals surface area contributed by atoms with E-state index >= 15 is 0 Å². The van der Waals surface area contributed by atoms with Gasteiger partial charge >= 0.3 is 5.69 Å². The molecule has 28 heavy (non-hydrogen) atoms. The smallest absolute Gasteiger partial charge is 0.312 e. The van der Waals surface area contributed by atoms with Gasteiger partial charge in [0.2, 0.25) is 11.8 Å². The predicted molar refractivity (Wildman–Crippen MR) is 97.1 cm³/mol. The second-order valence-corrected chi connectivity index (χ2v) is 5.96. The molecule has 0 aliphatic carbocycles. The summed E-state index contributed by atoms with van der Waals surface area (Å²) in [6, 6.07) is 7.02. The van der Waals surface area contributed by atoms with E-state index in [1.807, 2.05) is 0 Å². The highest BCUT2D eigenvalue weighted by atomic mass is 16.6. The number of anilines is 1. The Labute approximate surface area is 159 Å². The van der Waals surface area contributed by atoms with Crippen molar-refractivity contribution in [2.24, 2.45) is 0 Å². The van der Waals surface area contributed by atoms with Crippen molar-refractivity contribution in [1.29, 1.82) is 0 Å².